The minimum atomic E-state index is 0.102. The molecule has 4 heteroatoms. The molecule has 0 aliphatic heterocycles. The Labute approximate surface area is 82.0 Å². The van der Waals surface area contributed by atoms with E-state index in [9.17, 15) is 4.79 Å². The Morgan fingerprint density at radius 2 is 2.31 bits per heavy atom. The van der Waals surface area contributed by atoms with Gasteiger partial charge >= 0.3 is 0 Å². The summed E-state index contributed by atoms with van der Waals surface area (Å²) in [6.07, 6.45) is 4.03. The van der Waals surface area contributed by atoms with Crippen molar-refractivity contribution in [1.82, 2.24) is 9.97 Å². The lowest BCUT2D eigenvalue weighted by Gasteiger charge is -2.02. The van der Waals surface area contributed by atoms with Gasteiger partial charge in [0.1, 0.15) is 0 Å². The molecule has 0 saturated heterocycles. The van der Waals surface area contributed by atoms with Crippen LogP contribution in [-0.2, 0) is 0 Å². The van der Waals surface area contributed by atoms with E-state index >= 15 is 0 Å². The van der Waals surface area contributed by atoms with E-state index in [4.69, 9.17) is 0 Å². The molecule has 0 aromatic carbocycles. The molecule has 0 amide bonds. The zero-order valence-corrected chi connectivity index (χ0v) is 8.81. The lowest BCUT2D eigenvalue weighted by Crippen LogP contribution is -2.03. The van der Waals surface area contributed by atoms with E-state index in [0.29, 0.717) is 17.1 Å². The van der Waals surface area contributed by atoms with Gasteiger partial charge in [-0.15, -0.1) is 0 Å². The Bertz CT molecular complexity index is 325. The molecule has 13 heavy (non-hydrogen) atoms. The quantitative estimate of drug-likeness (QED) is 0.422. The fourth-order valence-electron chi connectivity index (χ4n) is 1.01. The molecule has 0 radical (unpaired) electrons. The van der Waals surface area contributed by atoms with Crippen molar-refractivity contribution in [3.63, 3.8) is 0 Å². The SMILES string of the molecule is CCC(=O)c1cnc(SC)nc1C. The summed E-state index contributed by atoms with van der Waals surface area (Å²) >= 11 is 1.48. The third-order valence-corrected chi connectivity index (χ3v) is 2.32. The first kappa shape index (κ1) is 10.2. The molecule has 3 nitrogen and oxygen atoms in total. The Morgan fingerprint density at radius 3 is 2.77 bits per heavy atom. The summed E-state index contributed by atoms with van der Waals surface area (Å²) in [6.45, 7) is 3.68. The van der Waals surface area contributed by atoms with Crippen LogP contribution in [0.3, 0.4) is 0 Å². The fraction of sp³-hybridized carbons (Fsp3) is 0.444. The van der Waals surface area contributed by atoms with Crippen LogP contribution in [-0.4, -0.2) is 22.0 Å². The summed E-state index contributed by atoms with van der Waals surface area (Å²) in [7, 11) is 0. The standard InChI is InChI=1S/C9H12N2OS/c1-4-8(12)7-5-10-9(13-3)11-6(7)2/h5H,4H2,1-3H3. The van der Waals surface area contributed by atoms with Gasteiger partial charge in [-0.05, 0) is 13.2 Å². The molecule has 0 bridgehead atoms. The fourth-order valence-corrected chi connectivity index (χ4v) is 1.39. The molecule has 1 aromatic rings. The summed E-state index contributed by atoms with van der Waals surface area (Å²) in [4.78, 5) is 19.6. The second kappa shape index (κ2) is 4.37. The van der Waals surface area contributed by atoms with Crippen molar-refractivity contribution in [2.75, 3.05) is 6.26 Å². The number of ketones is 1. The summed E-state index contributed by atoms with van der Waals surface area (Å²) in [5.41, 5.74) is 1.41. The highest BCUT2D eigenvalue weighted by Crippen LogP contribution is 2.12. The van der Waals surface area contributed by atoms with E-state index in [-0.39, 0.29) is 5.78 Å². The van der Waals surface area contributed by atoms with Crippen LogP contribution in [0, 0.1) is 6.92 Å². The molecular weight excluding hydrogens is 184 g/mol. The summed E-state index contributed by atoms with van der Waals surface area (Å²) in [6, 6.07) is 0. The second-order valence-electron chi connectivity index (χ2n) is 2.63. The van der Waals surface area contributed by atoms with Crippen molar-refractivity contribution in [3.05, 3.63) is 17.5 Å². The van der Waals surface area contributed by atoms with Crippen LogP contribution in [0.25, 0.3) is 0 Å². The van der Waals surface area contributed by atoms with Crippen molar-refractivity contribution in [1.29, 1.82) is 0 Å². The van der Waals surface area contributed by atoms with E-state index in [1.165, 1.54) is 11.8 Å². The molecule has 0 atom stereocenters. The minimum absolute atomic E-state index is 0.102. The summed E-state index contributed by atoms with van der Waals surface area (Å²) < 4.78 is 0. The largest absolute Gasteiger partial charge is 0.294 e. The lowest BCUT2D eigenvalue weighted by molar-refractivity contribution is 0.0986. The summed E-state index contributed by atoms with van der Waals surface area (Å²) in [5, 5.41) is 0.713. The lowest BCUT2D eigenvalue weighted by atomic mass is 10.1. The first-order valence-electron chi connectivity index (χ1n) is 4.09. The number of nitrogens with zero attached hydrogens (tertiary/aromatic N) is 2. The van der Waals surface area contributed by atoms with Crippen molar-refractivity contribution in [3.8, 4) is 0 Å². The first-order chi connectivity index (χ1) is 6.19. The summed E-state index contributed by atoms with van der Waals surface area (Å²) in [5.74, 6) is 0.102. The van der Waals surface area contributed by atoms with Gasteiger partial charge in [0.05, 0.1) is 11.3 Å². The number of carbonyl (C=O) groups is 1. The van der Waals surface area contributed by atoms with Crippen LogP contribution < -0.4 is 0 Å². The van der Waals surface area contributed by atoms with Crippen molar-refractivity contribution < 1.29 is 4.79 Å². The highest BCUT2D eigenvalue weighted by Gasteiger charge is 2.08. The van der Waals surface area contributed by atoms with Gasteiger partial charge in [-0.2, -0.15) is 0 Å². The highest BCUT2D eigenvalue weighted by atomic mass is 32.2. The second-order valence-corrected chi connectivity index (χ2v) is 3.41. The van der Waals surface area contributed by atoms with Crippen LogP contribution in [0.1, 0.15) is 29.4 Å². The molecule has 0 fully saturated rings. The number of aryl methyl sites for hydroxylation is 1. The predicted octanol–water partition coefficient (Wildman–Crippen LogP) is 2.10. The van der Waals surface area contributed by atoms with E-state index in [2.05, 4.69) is 9.97 Å². The van der Waals surface area contributed by atoms with Gasteiger partial charge in [-0.3, -0.25) is 4.79 Å². The molecule has 0 spiro atoms. The van der Waals surface area contributed by atoms with Crippen LogP contribution in [0.4, 0.5) is 0 Å². The Morgan fingerprint density at radius 1 is 1.62 bits per heavy atom. The average Bonchev–Trinajstić information content (AvgIpc) is 2.16. The van der Waals surface area contributed by atoms with Crippen molar-refractivity contribution >= 4 is 17.5 Å². The average molecular weight is 196 g/mol. The maximum atomic E-state index is 11.3. The van der Waals surface area contributed by atoms with E-state index < -0.39 is 0 Å². The van der Waals surface area contributed by atoms with E-state index in [1.807, 2.05) is 20.1 Å². The number of carbonyl (C=O) groups excluding carboxylic acids is 1. The third kappa shape index (κ3) is 2.28. The molecule has 0 N–H and O–H groups in total. The molecule has 0 aliphatic carbocycles. The molecule has 0 aliphatic rings. The van der Waals surface area contributed by atoms with E-state index in [1.54, 1.807) is 6.20 Å². The molecule has 1 heterocycles. The third-order valence-electron chi connectivity index (χ3n) is 1.76. The molecule has 0 unspecified atom stereocenters. The number of aromatic nitrogens is 2. The zero-order chi connectivity index (χ0) is 9.84. The minimum Gasteiger partial charge on any atom is -0.294 e. The van der Waals surface area contributed by atoms with Crippen molar-refractivity contribution in [2.45, 2.75) is 25.4 Å². The predicted molar refractivity (Wildman–Crippen MR) is 53.2 cm³/mol. The highest BCUT2D eigenvalue weighted by molar-refractivity contribution is 7.98. The van der Waals surface area contributed by atoms with Gasteiger partial charge in [0.2, 0.25) is 0 Å². The molecule has 0 saturated carbocycles. The maximum Gasteiger partial charge on any atom is 0.187 e. The van der Waals surface area contributed by atoms with Crippen LogP contribution >= 0.6 is 11.8 Å². The topological polar surface area (TPSA) is 42.9 Å². The monoisotopic (exact) mass is 196 g/mol. The molecular formula is C9H12N2OS. The number of Topliss-reactive ketones (excluding diaryl/α,β-unsaturated/α-hetero) is 1. The number of thioether (sulfide) groups is 1. The number of hydrogen-bond donors (Lipinski definition) is 0. The van der Waals surface area contributed by atoms with Crippen LogP contribution in [0.5, 0.6) is 0 Å². The van der Waals surface area contributed by atoms with Gasteiger partial charge in [0, 0.05) is 12.6 Å². The Balaban J connectivity index is 3.05. The van der Waals surface area contributed by atoms with Gasteiger partial charge in [0.15, 0.2) is 10.9 Å². The van der Waals surface area contributed by atoms with Crippen LogP contribution in [0.2, 0.25) is 0 Å². The smallest absolute Gasteiger partial charge is 0.187 e. The molecule has 1 rings (SSSR count). The first-order valence-corrected chi connectivity index (χ1v) is 5.32. The van der Waals surface area contributed by atoms with E-state index in [0.717, 1.165) is 5.69 Å². The zero-order valence-electron chi connectivity index (χ0n) is 8.00. The van der Waals surface area contributed by atoms with Gasteiger partial charge in [-0.1, -0.05) is 18.7 Å². The van der Waals surface area contributed by atoms with Crippen molar-refractivity contribution in [2.24, 2.45) is 0 Å². The number of hydrogen-bond acceptors (Lipinski definition) is 4. The van der Waals surface area contributed by atoms with Gasteiger partial charge in [-0.25, -0.2) is 9.97 Å². The normalized spacial score (nSPS) is 10.1. The molecule has 70 valence electrons. The van der Waals surface area contributed by atoms with Gasteiger partial charge < -0.3 is 0 Å². The van der Waals surface area contributed by atoms with Crippen LogP contribution in [0.15, 0.2) is 11.4 Å². The Hall–Kier alpha value is -0.900. The number of rotatable bonds is 3. The molecule has 1 aromatic heterocycles. The van der Waals surface area contributed by atoms with Gasteiger partial charge in [0.25, 0.3) is 0 Å². The Kier molecular flexibility index (Phi) is 3.42. The maximum absolute atomic E-state index is 11.3.